The number of primary amides is 1. The first-order chi connectivity index (χ1) is 4.74. The van der Waals surface area contributed by atoms with E-state index < -0.39 is 6.09 Å². The zero-order valence-electron chi connectivity index (χ0n) is 5.62. The monoisotopic (exact) mass is 145 g/mol. The van der Waals surface area contributed by atoms with Gasteiger partial charge in [-0.15, -0.1) is 0 Å². The van der Waals surface area contributed by atoms with Crippen LogP contribution in [0.1, 0.15) is 12.8 Å². The number of hydrogen-bond donors (Lipinski definition) is 2. The van der Waals surface area contributed by atoms with Gasteiger partial charge in [-0.05, 0) is 12.8 Å². The van der Waals surface area contributed by atoms with Gasteiger partial charge in [0, 0.05) is 12.5 Å². The Kier molecular flexibility index (Phi) is 2.11. The lowest BCUT2D eigenvalue weighted by atomic mass is 9.82. The third-order valence-electron chi connectivity index (χ3n) is 1.85. The fraction of sp³-hybridized carbons (Fsp3) is 0.833. The first-order valence-electron chi connectivity index (χ1n) is 3.31. The predicted molar refractivity (Wildman–Crippen MR) is 34.3 cm³/mol. The first kappa shape index (κ1) is 7.34. The summed E-state index contributed by atoms with van der Waals surface area (Å²) >= 11 is 0. The Morgan fingerprint density at radius 3 is 2.70 bits per heavy atom. The minimum Gasteiger partial charge on any atom is -0.446 e. The van der Waals surface area contributed by atoms with E-state index in [9.17, 15) is 4.79 Å². The molecule has 0 saturated heterocycles. The van der Waals surface area contributed by atoms with E-state index in [2.05, 4.69) is 4.74 Å². The van der Waals surface area contributed by atoms with E-state index in [1.807, 2.05) is 0 Å². The molecule has 1 aliphatic rings. The number of carbonyl (C=O) groups excluding carboxylic acids is 1. The van der Waals surface area contributed by atoms with Crippen molar-refractivity contribution in [1.82, 2.24) is 0 Å². The lowest BCUT2D eigenvalue weighted by Gasteiger charge is -2.33. The summed E-state index contributed by atoms with van der Waals surface area (Å²) in [5, 5.41) is 8.64. The van der Waals surface area contributed by atoms with Crippen LogP contribution >= 0.6 is 0 Å². The SMILES string of the molecule is NC(=O)O[C@@H]1CC[C@H]1CO. The average Bonchev–Trinajstić information content (AvgIpc) is 1.82. The average molecular weight is 145 g/mol. The molecule has 1 saturated carbocycles. The molecular weight excluding hydrogens is 134 g/mol. The molecule has 1 amide bonds. The number of ether oxygens (including phenoxy) is 1. The van der Waals surface area contributed by atoms with Crippen molar-refractivity contribution < 1.29 is 14.6 Å². The standard InChI is InChI=1S/C6H11NO3/c7-6(9)10-5-2-1-4(5)3-8/h4-5,8H,1-3H2,(H2,7,9)/t4-,5+/m0/s1. The van der Waals surface area contributed by atoms with Gasteiger partial charge in [-0.3, -0.25) is 0 Å². The van der Waals surface area contributed by atoms with Crippen molar-refractivity contribution in [2.75, 3.05) is 6.61 Å². The summed E-state index contributed by atoms with van der Waals surface area (Å²) in [7, 11) is 0. The molecule has 0 radical (unpaired) electrons. The molecule has 0 bridgehead atoms. The number of rotatable bonds is 2. The van der Waals surface area contributed by atoms with E-state index >= 15 is 0 Å². The van der Waals surface area contributed by atoms with Crippen molar-refractivity contribution >= 4 is 6.09 Å². The zero-order chi connectivity index (χ0) is 7.56. The van der Waals surface area contributed by atoms with Crippen molar-refractivity contribution in [3.63, 3.8) is 0 Å². The van der Waals surface area contributed by atoms with Crippen molar-refractivity contribution in [2.24, 2.45) is 11.7 Å². The van der Waals surface area contributed by atoms with Crippen LogP contribution in [0.5, 0.6) is 0 Å². The molecule has 2 atom stereocenters. The third-order valence-corrected chi connectivity index (χ3v) is 1.85. The smallest absolute Gasteiger partial charge is 0.404 e. The van der Waals surface area contributed by atoms with E-state index in [0.29, 0.717) is 0 Å². The van der Waals surface area contributed by atoms with Gasteiger partial charge in [0.1, 0.15) is 6.10 Å². The lowest BCUT2D eigenvalue weighted by Crippen LogP contribution is -2.39. The molecule has 0 aliphatic heterocycles. The largest absolute Gasteiger partial charge is 0.446 e. The Bertz CT molecular complexity index is 135. The van der Waals surface area contributed by atoms with E-state index in [4.69, 9.17) is 10.8 Å². The van der Waals surface area contributed by atoms with Crippen molar-refractivity contribution in [2.45, 2.75) is 18.9 Å². The summed E-state index contributed by atoms with van der Waals surface area (Å²) < 4.78 is 4.67. The highest BCUT2D eigenvalue weighted by molar-refractivity contribution is 5.64. The molecule has 0 unspecified atom stereocenters. The van der Waals surface area contributed by atoms with Gasteiger partial charge in [0.15, 0.2) is 0 Å². The molecule has 4 heteroatoms. The van der Waals surface area contributed by atoms with Gasteiger partial charge < -0.3 is 15.6 Å². The predicted octanol–water partition coefficient (Wildman–Crippen LogP) is -0.147. The second-order valence-electron chi connectivity index (χ2n) is 2.50. The number of hydrogen-bond acceptors (Lipinski definition) is 3. The maximum Gasteiger partial charge on any atom is 0.404 e. The van der Waals surface area contributed by atoms with Crippen LogP contribution in [0, 0.1) is 5.92 Å². The second-order valence-corrected chi connectivity index (χ2v) is 2.50. The number of carbonyl (C=O) groups is 1. The van der Waals surface area contributed by atoms with Gasteiger partial charge in [-0.25, -0.2) is 4.79 Å². The summed E-state index contributed by atoms with van der Waals surface area (Å²) in [5.41, 5.74) is 4.78. The number of nitrogens with two attached hydrogens (primary N) is 1. The van der Waals surface area contributed by atoms with Crippen LogP contribution in [0.3, 0.4) is 0 Å². The molecule has 1 fully saturated rings. The molecule has 0 aromatic carbocycles. The Morgan fingerprint density at radius 1 is 1.70 bits per heavy atom. The third kappa shape index (κ3) is 1.39. The second kappa shape index (κ2) is 2.88. The van der Waals surface area contributed by atoms with Crippen LogP contribution in [-0.4, -0.2) is 23.9 Å². The fourth-order valence-corrected chi connectivity index (χ4v) is 1.05. The molecule has 0 heterocycles. The summed E-state index contributed by atoms with van der Waals surface area (Å²) in [6.45, 7) is 0.0813. The summed E-state index contributed by atoms with van der Waals surface area (Å²) in [6, 6.07) is 0. The van der Waals surface area contributed by atoms with Crippen molar-refractivity contribution in [3.8, 4) is 0 Å². The van der Waals surface area contributed by atoms with Crippen LogP contribution in [-0.2, 0) is 4.74 Å². The van der Waals surface area contributed by atoms with Crippen LogP contribution < -0.4 is 5.73 Å². The van der Waals surface area contributed by atoms with Crippen LogP contribution in [0.2, 0.25) is 0 Å². The highest BCUT2D eigenvalue weighted by atomic mass is 16.6. The van der Waals surface area contributed by atoms with Crippen LogP contribution in [0.25, 0.3) is 0 Å². The number of aliphatic hydroxyl groups is 1. The molecule has 4 nitrogen and oxygen atoms in total. The molecule has 3 N–H and O–H groups in total. The van der Waals surface area contributed by atoms with E-state index in [1.54, 1.807) is 0 Å². The Morgan fingerprint density at radius 2 is 2.40 bits per heavy atom. The maximum absolute atomic E-state index is 10.2. The molecule has 0 aromatic heterocycles. The van der Waals surface area contributed by atoms with E-state index in [0.717, 1.165) is 12.8 Å². The number of amides is 1. The Hall–Kier alpha value is -0.770. The first-order valence-corrected chi connectivity index (χ1v) is 3.31. The minimum absolute atomic E-state index is 0.0813. The fourth-order valence-electron chi connectivity index (χ4n) is 1.05. The molecule has 1 rings (SSSR count). The van der Waals surface area contributed by atoms with Gasteiger partial charge in [-0.2, -0.15) is 0 Å². The minimum atomic E-state index is -0.747. The molecule has 58 valence electrons. The highest BCUT2D eigenvalue weighted by Gasteiger charge is 2.32. The molecular formula is C6H11NO3. The van der Waals surface area contributed by atoms with Gasteiger partial charge in [0.2, 0.25) is 0 Å². The van der Waals surface area contributed by atoms with E-state index in [1.165, 1.54) is 0 Å². The molecule has 10 heavy (non-hydrogen) atoms. The van der Waals surface area contributed by atoms with E-state index in [-0.39, 0.29) is 18.6 Å². The summed E-state index contributed by atoms with van der Waals surface area (Å²) in [5.74, 6) is 0.118. The van der Waals surface area contributed by atoms with Crippen LogP contribution in [0.15, 0.2) is 0 Å². The zero-order valence-corrected chi connectivity index (χ0v) is 5.62. The Balaban J connectivity index is 2.23. The maximum atomic E-state index is 10.2. The molecule has 1 aliphatic carbocycles. The summed E-state index contributed by atoms with van der Waals surface area (Å²) in [6.07, 6.45) is 0.869. The van der Waals surface area contributed by atoms with Gasteiger partial charge in [0.05, 0.1) is 0 Å². The summed E-state index contributed by atoms with van der Waals surface area (Å²) in [4.78, 5) is 10.2. The Labute approximate surface area is 59.0 Å². The van der Waals surface area contributed by atoms with Gasteiger partial charge >= 0.3 is 6.09 Å². The van der Waals surface area contributed by atoms with Gasteiger partial charge in [-0.1, -0.05) is 0 Å². The highest BCUT2D eigenvalue weighted by Crippen LogP contribution is 2.29. The van der Waals surface area contributed by atoms with Crippen molar-refractivity contribution in [1.29, 1.82) is 0 Å². The molecule has 0 aromatic rings. The normalized spacial score (nSPS) is 30.9. The van der Waals surface area contributed by atoms with Gasteiger partial charge in [0.25, 0.3) is 0 Å². The molecule has 0 spiro atoms. The topological polar surface area (TPSA) is 72.6 Å². The quantitative estimate of drug-likeness (QED) is 0.567. The number of aliphatic hydroxyl groups excluding tert-OH is 1. The van der Waals surface area contributed by atoms with Crippen LogP contribution in [0.4, 0.5) is 4.79 Å². The van der Waals surface area contributed by atoms with Crippen molar-refractivity contribution in [3.05, 3.63) is 0 Å². The lowest BCUT2D eigenvalue weighted by molar-refractivity contribution is -0.0180.